The van der Waals surface area contributed by atoms with Gasteiger partial charge in [0.25, 0.3) is 5.56 Å². The lowest BCUT2D eigenvalue weighted by Crippen LogP contribution is -2.40. The van der Waals surface area contributed by atoms with Crippen LogP contribution in [-0.4, -0.2) is 23.1 Å². The van der Waals surface area contributed by atoms with Crippen LogP contribution in [0, 0.1) is 12.8 Å². The van der Waals surface area contributed by atoms with E-state index in [0.29, 0.717) is 23.5 Å². The third-order valence-electron chi connectivity index (χ3n) is 4.00. The van der Waals surface area contributed by atoms with Gasteiger partial charge in [0.2, 0.25) is 5.78 Å². The Hall–Kier alpha value is -2.31. The van der Waals surface area contributed by atoms with Gasteiger partial charge < -0.3 is 4.57 Å². The second kappa shape index (κ2) is 4.86. The van der Waals surface area contributed by atoms with Crippen LogP contribution >= 0.6 is 0 Å². The lowest BCUT2D eigenvalue weighted by Gasteiger charge is -2.09. The van der Waals surface area contributed by atoms with Gasteiger partial charge in [-0.25, -0.2) is 4.79 Å². The van der Waals surface area contributed by atoms with Crippen molar-refractivity contribution in [2.75, 3.05) is 0 Å². The maximum absolute atomic E-state index is 12.8. The molecular weight excluding hydrogens is 282 g/mol. The maximum Gasteiger partial charge on any atom is 0.332 e. The Kier molecular flexibility index (Phi) is 3.23. The lowest BCUT2D eigenvalue weighted by molar-refractivity contribution is 0.484. The van der Waals surface area contributed by atoms with Crippen LogP contribution in [0.4, 0.5) is 0 Å². The van der Waals surface area contributed by atoms with Crippen molar-refractivity contribution in [1.82, 2.24) is 23.1 Å². The zero-order valence-electron chi connectivity index (χ0n) is 13.6. The molecule has 3 aromatic rings. The minimum Gasteiger partial charge on any atom is -0.314 e. The molecule has 0 aliphatic heterocycles. The van der Waals surface area contributed by atoms with Crippen LogP contribution in [0.15, 0.2) is 15.8 Å². The van der Waals surface area contributed by atoms with Gasteiger partial charge in [0.1, 0.15) is 0 Å². The molecule has 0 fully saturated rings. The van der Waals surface area contributed by atoms with Crippen molar-refractivity contribution in [3.8, 4) is 0 Å². The SMILES string of the molecule is CCn1c(C)cn2c3c(=O)n(CC(C)C)c(=O)n(C)c3nc12. The minimum atomic E-state index is -0.313. The van der Waals surface area contributed by atoms with E-state index in [2.05, 4.69) is 4.98 Å². The molecule has 3 rings (SSSR count). The molecule has 0 bridgehead atoms. The van der Waals surface area contributed by atoms with Gasteiger partial charge in [-0.3, -0.25) is 18.3 Å². The van der Waals surface area contributed by atoms with Gasteiger partial charge in [-0.05, 0) is 19.8 Å². The molecule has 7 nitrogen and oxygen atoms in total. The lowest BCUT2D eigenvalue weighted by atomic mass is 10.2. The average Bonchev–Trinajstić information content (AvgIpc) is 2.95. The molecule has 22 heavy (non-hydrogen) atoms. The fraction of sp³-hybridized carbons (Fsp3) is 0.533. The molecule has 0 N–H and O–H groups in total. The summed E-state index contributed by atoms with van der Waals surface area (Å²) >= 11 is 0. The Morgan fingerprint density at radius 2 is 1.91 bits per heavy atom. The van der Waals surface area contributed by atoms with Crippen molar-refractivity contribution in [3.05, 3.63) is 32.7 Å². The Morgan fingerprint density at radius 3 is 2.50 bits per heavy atom. The Labute approximate surface area is 127 Å². The molecule has 3 heterocycles. The van der Waals surface area contributed by atoms with Crippen LogP contribution in [0.1, 0.15) is 26.5 Å². The van der Waals surface area contributed by atoms with Crippen molar-refractivity contribution in [1.29, 1.82) is 0 Å². The summed E-state index contributed by atoms with van der Waals surface area (Å²) in [6.45, 7) is 9.16. The highest BCUT2D eigenvalue weighted by molar-refractivity contribution is 5.75. The van der Waals surface area contributed by atoms with E-state index in [-0.39, 0.29) is 17.2 Å². The van der Waals surface area contributed by atoms with Gasteiger partial charge in [0, 0.05) is 32.0 Å². The topological polar surface area (TPSA) is 66.2 Å². The number of aromatic nitrogens is 5. The van der Waals surface area contributed by atoms with Gasteiger partial charge in [0.15, 0.2) is 11.2 Å². The van der Waals surface area contributed by atoms with E-state index in [9.17, 15) is 9.59 Å². The summed E-state index contributed by atoms with van der Waals surface area (Å²) in [5.74, 6) is 0.914. The van der Waals surface area contributed by atoms with E-state index in [1.54, 1.807) is 11.4 Å². The van der Waals surface area contributed by atoms with Gasteiger partial charge in [0.05, 0.1) is 0 Å². The van der Waals surface area contributed by atoms with Gasteiger partial charge in [-0.1, -0.05) is 13.8 Å². The predicted molar refractivity (Wildman–Crippen MR) is 85.4 cm³/mol. The summed E-state index contributed by atoms with van der Waals surface area (Å²) in [6.07, 6.45) is 1.90. The van der Waals surface area contributed by atoms with Crippen molar-refractivity contribution < 1.29 is 0 Å². The molecule has 3 aromatic heterocycles. The molecule has 0 atom stereocenters. The van der Waals surface area contributed by atoms with Crippen LogP contribution in [0.2, 0.25) is 0 Å². The number of nitrogens with zero attached hydrogens (tertiary/aromatic N) is 5. The number of rotatable bonds is 3. The van der Waals surface area contributed by atoms with Gasteiger partial charge in [-0.2, -0.15) is 4.98 Å². The second-order valence-electron chi connectivity index (χ2n) is 6.12. The Balaban J connectivity index is 2.51. The molecule has 0 radical (unpaired) electrons. The Morgan fingerprint density at radius 1 is 1.23 bits per heavy atom. The molecule has 7 heteroatoms. The highest BCUT2D eigenvalue weighted by atomic mass is 16.2. The number of fused-ring (bicyclic) bond motifs is 3. The standard InChI is InChI=1S/C15H21N5O2/c1-6-18-10(4)8-19-11-12(16-14(18)19)17(5)15(22)20(13(11)21)7-9(2)3/h8-9H,6-7H2,1-5H3. The zero-order chi connectivity index (χ0) is 16.2. The van der Waals surface area contributed by atoms with Crippen molar-refractivity contribution in [3.63, 3.8) is 0 Å². The molecule has 118 valence electrons. The molecule has 0 amide bonds. The molecule has 0 saturated carbocycles. The smallest absolute Gasteiger partial charge is 0.314 e. The molecule has 0 aliphatic rings. The predicted octanol–water partition coefficient (Wildman–Crippen LogP) is 1.13. The first-order valence-corrected chi connectivity index (χ1v) is 7.54. The fourth-order valence-corrected chi connectivity index (χ4v) is 2.97. The summed E-state index contributed by atoms with van der Waals surface area (Å²) in [5.41, 5.74) is 1.36. The largest absolute Gasteiger partial charge is 0.332 e. The van der Waals surface area contributed by atoms with Crippen LogP contribution in [0.25, 0.3) is 16.9 Å². The van der Waals surface area contributed by atoms with Crippen molar-refractivity contribution in [2.45, 2.75) is 40.8 Å². The highest BCUT2D eigenvalue weighted by Gasteiger charge is 2.19. The van der Waals surface area contributed by atoms with Crippen molar-refractivity contribution in [2.24, 2.45) is 13.0 Å². The third kappa shape index (κ3) is 1.84. The molecule has 0 unspecified atom stereocenters. The van der Waals surface area contributed by atoms with E-state index >= 15 is 0 Å². The molecule has 0 saturated heterocycles. The highest BCUT2D eigenvalue weighted by Crippen LogP contribution is 2.15. The first kappa shape index (κ1) is 14.6. The van der Waals surface area contributed by atoms with E-state index in [4.69, 9.17) is 0 Å². The summed E-state index contributed by atoms with van der Waals surface area (Å²) in [6, 6.07) is 0. The van der Waals surface area contributed by atoms with Crippen LogP contribution in [-0.2, 0) is 20.1 Å². The van der Waals surface area contributed by atoms with Crippen LogP contribution in [0.5, 0.6) is 0 Å². The van der Waals surface area contributed by atoms with Crippen LogP contribution < -0.4 is 11.2 Å². The van der Waals surface area contributed by atoms with E-state index < -0.39 is 0 Å². The maximum atomic E-state index is 12.8. The van der Waals surface area contributed by atoms with Crippen molar-refractivity contribution >= 4 is 16.9 Å². The number of hydrogen-bond acceptors (Lipinski definition) is 3. The molecule has 0 aromatic carbocycles. The third-order valence-corrected chi connectivity index (χ3v) is 4.00. The normalized spacial score (nSPS) is 12.1. The number of hydrogen-bond donors (Lipinski definition) is 0. The first-order valence-electron chi connectivity index (χ1n) is 7.54. The first-order chi connectivity index (χ1) is 10.4. The summed E-state index contributed by atoms with van der Waals surface area (Å²) in [5, 5.41) is 0. The molecular formula is C15H21N5O2. The monoisotopic (exact) mass is 303 g/mol. The fourth-order valence-electron chi connectivity index (χ4n) is 2.97. The summed E-state index contributed by atoms with van der Waals surface area (Å²) in [4.78, 5) is 29.8. The second-order valence-corrected chi connectivity index (χ2v) is 6.12. The van der Waals surface area contributed by atoms with Crippen LogP contribution in [0.3, 0.4) is 0 Å². The average molecular weight is 303 g/mol. The zero-order valence-corrected chi connectivity index (χ0v) is 13.6. The Bertz CT molecular complexity index is 984. The number of imidazole rings is 2. The summed E-state index contributed by atoms with van der Waals surface area (Å²) in [7, 11) is 1.66. The van der Waals surface area contributed by atoms with E-state index in [1.165, 1.54) is 9.13 Å². The minimum absolute atomic E-state index is 0.216. The van der Waals surface area contributed by atoms with Gasteiger partial charge >= 0.3 is 5.69 Å². The van der Waals surface area contributed by atoms with E-state index in [0.717, 1.165) is 12.2 Å². The molecule has 0 spiro atoms. The quantitative estimate of drug-likeness (QED) is 0.728. The number of aryl methyl sites for hydroxylation is 3. The molecule has 0 aliphatic carbocycles. The van der Waals surface area contributed by atoms with Gasteiger partial charge in [-0.15, -0.1) is 0 Å². The van der Waals surface area contributed by atoms with E-state index in [1.807, 2.05) is 38.5 Å². The summed E-state index contributed by atoms with van der Waals surface area (Å²) < 4.78 is 6.59.